The number of carbonyl (C=O) groups excluding carboxylic acids is 3. The Morgan fingerprint density at radius 1 is 0.971 bits per heavy atom. The monoisotopic (exact) mass is 467 g/mol. The summed E-state index contributed by atoms with van der Waals surface area (Å²) in [5, 5.41) is 19.2. The second-order valence-corrected chi connectivity index (χ2v) is 7.89. The maximum absolute atomic E-state index is 13.0. The fraction of sp³-hybridized carbons (Fsp3) is 0.375. The van der Waals surface area contributed by atoms with E-state index in [9.17, 15) is 24.5 Å². The summed E-state index contributed by atoms with van der Waals surface area (Å²) in [4.78, 5) is 48.2. The number of nitrogens with one attached hydrogen (secondary N) is 2. The Bertz CT molecular complexity index is 1050. The summed E-state index contributed by atoms with van der Waals surface area (Å²) in [6.45, 7) is 5.00. The van der Waals surface area contributed by atoms with Crippen molar-refractivity contribution in [2.75, 3.05) is 25.0 Å². The first-order valence-corrected chi connectivity index (χ1v) is 11.4. The van der Waals surface area contributed by atoms with E-state index in [0.717, 1.165) is 29.7 Å². The second-order valence-electron chi connectivity index (χ2n) is 7.89. The Kier molecular flexibility index (Phi) is 8.18. The number of carbonyl (C=O) groups is 3. The molecule has 0 radical (unpaired) electrons. The fourth-order valence-electron chi connectivity index (χ4n) is 3.91. The van der Waals surface area contributed by atoms with Crippen LogP contribution in [-0.4, -0.2) is 52.4 Å². The first-order valence-electron chi connectivity index (χ1n) is 11.4. The highest BCUT2D eigenvalue weighted by Crippen LogP contribution is 2.24. The molecule has 0 aliphatic carbocycles. The maximum atomic E-state index is 13.0. The second kappa shape index (κ2) is 11.3. The van der Waals surface area contributed by atoms with Gasteiger partial charge < -0.3 is 10.6 Å². The lowest BCUT2D eigenvalue weighted by atomic mass is 10.0. The van der Waals surface area contributed by atoms with Gasteiger partial charge in [0.05, 0.1) is 4.92 Å². The molecular formula is C24H29N5O5. The van der Waals surface area contributed by atoms with Crippen molar-refractivity contribution in [2.24, 2.45) is 0 Å². The largest absolute Gasteiger partial charge is 0.352 e. The average Bonchev–Trinajstić information content (AvgIpc) is 3.34. The number of hydrazine groups is 1. The minimum absolute atomic E-state index is 0.0221. The molecule has 1 saturated heterocycles. The number of non-ortho nitro benzene ring substituents is 1. The van der Waals surface area contributed by atoms with Gasteiger partial charge in [-0.2, -0.15) is 0 Å². The number of rotatable bonds is 8. The summed E-state index contributed by atoms with van der Waals surface area (Å²) in [6.07, 6.45) is 2.25. The number of nitro benzene ring substituents is 1. The van der Waals surface area contributed by atoms with Gasteiger partial charge in [-0.25, -0.2) is 14.8 Å². The highest BCUT2D eigenvalue weighted by Gasteiger charge is 2.31. The molecule has 180 valence electrons. The predicted octanol–water partition coefficient (Wildman–Crippen LogP) is 3.52. The quantitative estimate of drug-likeness (QED) is 0.454. The molecule has 0 aromatic heterocycles. The van der Waals surface area contributed by atoms with Crippen LogP contribution in [0.15, 0.2) is 42.5 Å². The van der Waals surface area contributed by atoms with Crippen LogP contribution in [0.5, 0.6) is 0 Å². The maximum Gasteiger partial charge on any atom is 0.340 e. The summed E-state index contributed by atoms with van der Waals surface area (Å²) in [6, 6.07) is 10.8. The molecule has 0 atom stereocenters. The van der Waals surface area contributed by atoms with E-state index in [1.54, 1.807) is 0 Å². The van der Waals surface area contributed by atoms with Gasteiger partial charge in [0.2, 0.25) is 5.91 Å². The Hall–Kier alpha value is -3.95. The molecule has 2 aromatic rings. The molecule has 1 fully saturated rings. The van der Waals surface area contributed by atoms with Crippen LogP contribution < -0.4 is 10.6 Å². The Morgan fingerprint density at radius 3 is 2.18 bits per heavy atom. The van der Waals surface area contributed by atoms with Crippen LogP contribution in [0.1, 0.15) is 48.2 Å². The SMILES string of the molecule is CCc1cccc(CC)c1NC(=O)N1CCCN1C(=O)CCNC(=O)c1ccc([N+](=O)[O-])cc1. The normalized spacial score (nSPS) is 13.0. The lowest BCUT2D eigenvalue weighted by molar-refractivity contribution is -0.384. The van der Waals surface area contributed by atoms with Crippen molar-refractivity contribution in [2.45, 2.75) is 39.5 Å². The van der Waals surface area contributed by atoms with Crippen molar-refractivity contribution in [3.63, 3.8) is 0 Å². The zero-order valence-corrected chi connectivity index (χ0v) is 19.4. The van der Waals surface area contributed by atoms with Gasteiger partial charge >= 0.3 is 6.03 Å². The van der Waals surface area contributed by atoms with E-state index in [4.69, 9.17) is 0 Å². The first-order chi connectivity index (χ1) is 16.3. The molecule has 3 rings (SSSR count). The first kappa shape index (κ1) is 24.7. The summed E-state index contributed by atoms with van der Waals surface area (Å²) < 4.78 is 0. The number of hydrogen-bond donors (Lipinski definition) is 2. The summed E-state index contributed by atoms with van der Waals surface area (Å²) >= 11 is 0. The van der Waals surface area contributed by atoms with Gasteiger partial charge in [-0.05, 0) is 42.5 Å². The topological polar surface area (TPSA) is 125 Å². The number of benzene rings is 2. The van der Waals surface area contributed by atoms with E-state index in [0.29, 0.717) is 19.5 Å². The van der Waals surface area contributed by atoms with Crippen LogP contribution in [0.25, 0.3) is 0 Å². The third-order valence-corrected chi connectivity index (χ3v) is 5.75. The highest BCUT2D eigenvalue weighted by molar-refractivity contribution is 5.95. The molecule has 1 aliphatic rings. The van der Waals surface area contributed by atoms with Gasteiger partial charge in [-0.1, -0.05) is 32.0 Å². The van der Waals surface area contributed by atoms with Crippen molar-refractivity contribution < 1.29 is 19.3 Å². The lowest BCUT2D eigenvalue weighted by Crippen LogP contribution is -2.47. The number of para-hydroxylation sites is 1. The fourth-order valence-corrected chi connectivity index (χ4v) is 3.91. The van der Waals surface area contributed by atoms with Gasteiger partial charge in [0.15, 0.2) is 0 Å². The van der Waals surface area contributed by atoms with Crippen LogP contribution in [0.3, 0.4) is 0 Å². The molecule has 1 heterocycles. The van der Waals surface area contributed by atoms with E-state index in [-0.39, 0.29) is 36.2 Å². The number of amides is 4. The van der Waals surface area contributed by atoms with Crippen LogP contribution in [0, 0.1) is 10.1 Å². The Morgan fingerprint density at radius 2 is 1.59 bits per heavy atom. The van der Waals surface area contributed by atoms with Crippen LogP contribution in [-0.2, 0) is 17.6 Å². The van der Waals surface area contributed by atoms with Crippen LogP contribution in [0.4, 0.5) is 16.2 Å². The molecule has 10 heteroatoms. The molecule has 0 unspecified atom stereocenters. The zero-order valence-electron chi connectivity index (χ0n) is 19.4. The molecule has 0 saturated carbocycles. The molecule has 2 aromatic carbocycles. The van der Waals surface area contributed by atoms with E-state index < -0.39 is 10.8 Å². The van der Waals surface area contributed by atoms with E-state index in [2.05, 4.69) is 10.6 Å². The summed E-state index contributed by atoms with van der Waals surface area (Å²) in [7, 11) is 0. The molecule has 4 amide bonds. The summed E-state index contributed by atoms with van der Waals surface area (Å²) in [5.41, 5.74) is 3.04. The van der Waals surface area contributed by atoms with Crippen molar-refractivity contribution in [1.82, 2.24) is 15.3 Å². The van der Waals surface area contributed by atoms with Crippen molar-refractivity contribution in [3.8, 4) is 0 Å². The lowest BCUT2D eigenvalue weighted by Gasteiger charge is -2.29. The van der Waals surface area contributed by atoms with E-state index >= 15 is 0 Å². The van der Waals surface area contributed by atoms with E-state index in [1.807, 2.05) is 32.0 Å². The molecule has 0 bridgehead atoms. The van der Waals surface area contributed by atoms with Crippen molar-refractivity contribution in [3.05, 3.63) is 69.3 Å². The van der Waals surface area contributed by atoms with Crippen molar-refractivity contribution in [1.29, 1.82) is 0 Å². The van der Waals surface area contributed by atoms with Gasteiger partial charge in [-0.3, -0.25) is 19.7 Å². The number of urea groups is 1. The molecule has 2 N–H and O–H groups in total. The Labute approximate surface area is 198 Å². The smallest absolute Gasteiger partial charge is 0.340 e. The van der Waals surface area contributed by atoms with Gasteiger partial charge in [0.1, 0.15) is 0 Å². The van der Waals surface area contributed by atoms with Gasteiger partial charge in [-0.15, -0.1) is 0 Å². The van der Waals surface area contributed by atoms with E-state index in [1.165, 1.54) is 34.3 Å². The zero-order chi connectivity index (χ0) is 24.7. The molecule has 10 nitrogen and oxygen atoms in total. The van der Waals surface area contributed by atoms with Crippen molar-refractivity contribution >= 4 is 29.2 Å². The number of nitro groups is 1. The summed E-state index contributed by atoms with van der Waals surface area (Å²) in [5.74, 6) is -0.696. The highest BCUT2D eigenvalue weighted by atomic mass is 16.6. The minimum Gasteiger partial charge on any atom is -0.352 e. The Balaban J connectivity index is 1.56. The number of hydrogen-bond acceptors (Lipinski definition) is 5. The van der Waals surface area contributed by atoms with Gasteiger partial charge in [0.25, 0.3) is 11.6 Å². The van der Waals surface area contributed by atoms with Crippen LogP contribution >= 0.6 is 0 Å². The average molecular weight is 468 g/mol. The van der Waals surface area contributed by atoms with Gasteiger partial charge in [0, 0.05) is 49.4 Å². The molecule has 34 heavy (non-hydrogen) atoms. The third-order valence-electron chi connectivity index (χ3n) is 5.75. The number of nitrogens with zero attached hydrogens (tertiary/aromatic N) is 3. The number of anilines is 1. The standard InChI is InChI=1S/C24H29N5O5/c1-3-17-7-5-8-18(4-2)22(17)26-24(32)28-16-6-15-27(28)21(30)13-14-25-23(31)19-9-11-20(12-10-19)29(33)34/h5,7-12H,3-4,6,13-16H2,1-2H3,(H,25,31)(H,26,32). The predicted molar refractivity (Wildman–Crippen MR) is 127 cm³/mol. The molecular weight excluding hydrogens is 438 g/mol. The molecule has 1 aliphatic heterocycles. The third kappa shape index (κ3) is 5.69. The molecule has 0 spiro atoms. The minimum atomic E-state index is -0.539. The van der Waals surface area contributed by atoms with Crippen LogP contribution in [0.2, 0.25) is 0 Å². The number of aryl methyl sites for hydroxylation is 2.